The average molecular weight is 450 g/mol. The maximum Gasteiger partial charge on any atom is 0.331 e. The van der Waals surface area contributed by atoms with Crippen LogP contribution < -0.4 is 5.32 Å². The van der Waals surface area contributed by atoms with Crippen LogP contribution >= 0.6 is 0 Å². The fraction of sp³-hybridized carbons (Fsp3) is 0.360. The summed E-state index contributed by atoms with van der Waals surface area (Å²) in [5.74, 6) is -0.460. The molecule has 3 rings (SSSR count). The van der Waals surface area contributed by atoms with E-state index in [4.69, 9.17) is 4.74 Å². The van der Waals surface area contributed by atoms with Crippen LogP contribution in [0.15, 0.2) is 42.6 Å². The van der Waals surface area contributed by atoms with Gasteiger partial charge in [0.05, 0.1) is 18.4 Å². The van der Waals surface area contributed by atoms with Crippen molar-refractivity contribution in [1.29, 1.82) is 0 Å². The van der Waals surface area contributed by atoms with Gasteiger partial charge in [-0.1, -0.05) is 29.8 Å². The van der Waals surface area contributed by atoms with E-state index in [1.165, 1.54) is 18.6 Å². The molecule has 1 aromatic carbocycles. The number of rotatable bonds is 8. The number of ether oxygens (including phenoxy) is 1. The van der Waals surface area contributed by atoms with E-state index in [9.17, 15) is 9.59 Å². The zero-order valence-electron chi connectivity index (χ0n) is 20.0. The van der Waals surface area contributed by atoms with Gasteiger partial charge >= 0.3 is 5.97 Å². The molecule has 0 aliphatic heterocycles. The second-order valence-electron chi connectivity index (χ2n) is 8.38. The maximum absolute atomic E-state index is 12.4. The molecule has 1 atom stereocenters. The monoisotopic (exact) mass is 449 g/mol. The summed E-state index contributed by atoms with van der Waals surface area (Å²) in [6.45, 7) is 12.0. The quantitative estimate of drug-likeness (QED) is 0.411. The first-order chi connectivity index (χ1) is 15.7. The molecule has 33 heavy (non-hydrogen) atoms. The number of hydrogen-bond donors (Lipinski definition) is 1. The van der Waals surface area contributed by atoms with Crippen molar-refractivity contribution in [1.82, 2.24) is 19.6 Å². The summed E-state index contributed by atoms with van der Waals surface area (Å²) in [4.78, 5) is 24.8. The molecule has 0 saturated carbocycles. The molecule has 0 spiro atoms. The van der Waals surface area contributed by atoms with Crippen LogP contribution in [-0.4, -0.2) is 37.5 Å². The molecular weight excluding hydrogens is 418 g/mol. The molecule has 0 fully saturated rings. The zero-order chi connectivity index (χ0) is 24.1. The van der Waals surface area contributed by atoms with Crippen molar-refractivity contribution in [3.63, 3.8) is 0 Å². The molecule has 2 aromatic heterocycles. The minimum Gasteiger partial charge on any atom is -0.449 e. The molecule has 174 valence electrons. The highest BCUT2D eigenvalue weighted by Gasteiger charge is 2.19. The third-order valence-electron chi connectivity index (χ3n) is 5.35. The standard InChI is InChI=1S/C25H31N5O3/c1-16(2)30-23(13-14-26-30)27-25(32)20(6)33-24(31)12-11-22-18(4)28-29(19(22)5)15-21-9-7-17(3)8-10-21/h7-14,16,20H,15H2,1-6H3,(H,27,32)/b12-11+. The van der Waals surface area contributed by atoms with E-state index in [0.29, 0.717) is 12.4 Å². The lowest BCUT2D eigenvalue weighted by molar-refractivity contribution is -0.148. The molecule has 0 radical (unpaired) electrons. The van der Waals surface area contributed by atoms with Gasteiger partial charge in [0.2, 0.25) is 0 Å². The predicted octanol–water partition coefficient (Wildman–Crippen LogP) is 4.22. The van der Waals surface area contributed by atoms with Gasteiger partial charge in [-0.15, -0.1) is 0 Å². The first-order valence-corrected chi connectivity index (χ1v) is 11.0. The Morgan fingerprint density at radius 1 is 1.09 bits per heavy atom. The van der Waals surface area contributed by atoms with E-state index < -0.39 is 18.0 Å². The van der Waals surface area contributed by atoms with Crippen molar-refractivity contribution in [2.24, 2.45) is 0 Å². The van der Waals surface area contributed by atoms with Crippen molar-refractivity contribution >= 4 is 23.8 Å². The summed E-state index contributed by atoms with van der Waals surface area (Å²) in [6.07, 6.45) is 3.67. The second-order valence-corrected chi connectivity index (χ2v) is 8.38. The Balaban J connectivity index is 1.61. The largest absolute Gasteiger partial charge is 0.449 e. The minimum atomic E-state index is -0.955. The summed E-state index contributed by atoms with van der Waals surface area (Å²) in [5, 5.41) is 11.5. The van der Waals surface area contributed by atoms with Crippen LogP contribution in [0.1, 0.15) is 54.9 Å². The zero-order valence-corrected chi connectivity index (χ0v) is 20.0. The second kappa shape index (κ2) is 10.3. The number of nitrogens with one attached hydrogen (secondary N) is 1. The molecule has 1 N–H and O–H groups in total. The molecule has 1 unspecified atom stereocenters. The van der Waals surface area contributed by atoms with Gasteiger partial charge in [-0.05, 0) is 53.2 Å². The van der Waals surface area contributed by atoms with Gasteiger partial charge in [0.1, 0.15) is 5.82 Å². The number of benzene rings is 1. The fourth-order valence-electron chi connectivity index (χ4n) is 3.44. The van der Waals surface area contributed by atoms with Crippen LogP contribution in [0.25, 0.3) is 6.08 Å². The van der Waals surface area contributed by atoms with E-state index in [1.54, 1.807) is 23.0 Å². The van der Waals surface area contributed by atoms with Crippen LogP contribution in [-0.2, 0) is 20.9 Å². The van der Waals surface area contributed by atoms with Crippen molar-refractivity contribution < 1.29 is 14.3 Å². The third kappa shape index (κ3) is 5.97. The van der Waals surface area contributed by atoms with Gasteiger partial charge in [-0.25, -0.2) is 9.48 Å². The molecule has 8 nitrogen and oxygen atoms in total. The van der Waals surface area contributed by atoms with Crippen molar-refractivity contribution in [3.8, 4) is 0 Å². The first-order valence-electron chi connectivity index (χ1n) is 11.0. The number of carbonyl (C=O) groups excluding carboxylic acids is 2. The molecule has 8 heteroatoms. The van der Waals surface area contributed by atoms with E-state index in [1.807, 2.05) is 32.4 Å². The Bertz CT molecular complexity index is 1160. The Morgan fingerprint density at radius 3 is 2.45 bits per heavy atom. The molecule has 1 amide bonds. The molecule has 2 heterocycles. The van der Waals surface area contributed by atoms with E-state index in [0.717, 1.165) is 22.5 Å². The van der Waals surface area contributed by atoms with Gasteiger partial charge in [0.15, 0.2) is 6.10 Å². The third-order valence-corrected chi connectivity index (χ3v) is 5.35. The number of anilines is 1. The predicted molar refractivity (Wildman–Crippen MR) is 128 cm³/mol. The average Bonchev–Trinajstić information content (AvgIpc) is 3.32. The molecule has 0 bridgehead atoms. The molecule has 0 saturated heterocycles. The van der Waals surface area contributed by atoms with Crippen molar-refractivity contribution in [2.75, 3.05) is 5.32 Å². The molecule has 3 aromatic rings. The number of aromatic nitrogens is 4. The first kappa shape index (κ1) is 24.0. The van der Waals surface area contributed by atoms with Crippen LogP contribution in [0.5, 0.6) is 0 Å². The Hall–Kier alpha value is -3.68. The number of nitrogens with zero attached hydrogens (tertiary/aromatic N) is 4. The number of carbonyl (C=O) groups is 2. The Morgan fingerprint density at radius 2 is 1.79 bits per heavy atom. The molecule has 0 aliphatic rings. The highest BCUT2D eigenvalue weighted by molar-refractivity contribution is 5.96. The summed E-state index contributed by atoms with van der Waals surface area (Å²) in [6, 6.07) is 10.1. The van der Waals surface area contributed by atoms with E-state index >= 15 is 0 Å². The van der Waals surface area contributed by atoms with Crippen molar-refractivity contribution in [2.45, 2.75) is 60.2 Å². The lowest BCUT2D eigenvalue weighted by Crippen LogP contribution is -2.30. The van der Waals surface area contributed by atoms with E-state index in [-0.39, 0.29) is 6.04 Å². The summed E-state index contributed by atoms with van der Waals surface area (Å²) >= 11 is 0. The highest BCUT2D eigenvalue weighted by Crippen LogP contribution is 2.17. The van der Waals surface area contributed by atoms with Crippen molar-refractivity contribution in [3.05, 3.63) is 70.7 Å². The number of amides is 1. The Labute approximate surface area is 194 Å². The summed E-state index contributed by atoms with van der Waals surface area (Å²) in [5.41, 5.74) is 4.99. The lowest BCUT2D eigenvalue weighted by atomic mass is 10.1. The molecule has 0 aliphatic carbocycles. The summed E-state index contributed by atoms with van der Waals surface area (Å²) < 4.78 is 8.88. The SMILES string of the molecule is Cc1ccc(Cn2nc(C)c(/C=C/C(=O)OC(C)C(=O)Nc3ccnn3C(C)C)c2C)cc1. The van der Waals surface area contributed by atoms with Crippen LogP contribution in [0.2, 0.25) is 0 Å². The van der Waals surface area contributed by atoms with Crippen LogP contribution in [0.3, 0.4) is 0 Å². The normalized spacial score (nSPS) is 12.3. The van der Waals surface area contributed by atoms with Gasteiger partial charge in [0, 0.05) is 29.4 Å². The Kier molecular flexibility index (Phi) is 7.48. The fourth-order valence-corrected chi connectivity index (χ4v) is 3.44. The molecular formula is C25H31N5O3. The smallest absolute Gasteiger partial charge is 0.331 e. The topological polar surface area (TPSA) is 91.0 Å². The lowest BCUT2D eigenvalue weighted by Gasteiger charge is -2.15. The van der Waals surface area contributed by atoms with Crippen LogP contribution in [0, 0.1) is 20.8 Å². The number of esters is 1. The van der Waals surface area contributed by atoms with E-state index in [2.05, 4.69) is 46.7 Å². The highest BCUT2D eigenvalue weighted by atomic mass is 16.5. The maximum atomic E-state index is 12.4. The number of aryl methyl sites for hydroxylation is 2. The van der Waals surface area contributed by atoms with Gasteiger partial charge in [-0.2, -0.15) is 10.2 Å². The number of hydrogen-bond acceptors (Lipinski definition) is 5. The van der Waals surface area contributed by atoms with Crippen LogP contribution in [0.4, 0.5) is 5.82 Å². The van der Waals surface area contributed by atoms with Gasteiger partial charge in [-0.3, -0.25) is 9.48 Å². The summed E-state index contributed by atoms with van der Waals surface area (Å²) in [7, 11) is 0. The van der Waals surface area contributed by atoms with Gasteiger partial charge in [0.25, 0.3) is 5.91 Å². The van der Waals surface area contributed by atoms with Gasteiger partial charge < -0.3 is 10.1 Å². The minimum absolute atomic E-state index is 0.0921.